The summed E-state index contributed by atoms with van der Waals surface area (Å²) >= 11 is 0.300. The SMILES string of the molecule is [Cu].[InH3].[O]=[Sn]. The normalized spacial score (nSPS) is 1.00. The van der Waals surface area contributed by atoms with E-state index < -0.39 is 0 Å². The van der Waals surface area contributed by atoms with Gasteiger partial charge in [0.25, 0.3) is 0 Å². The van der Waals surface area contributed by atoms with E-state index >= 15 is 0 Å². The molecule has 0 rings (SSSR count). The summed E-state index contributed by atoms with van der Waals surface area (Å²) in [7, 11) is 0. The van der Waals surface area contributed by atoms with E-state index in [1.54, 1.807) is 0 Å². The predicted octanol–water partition coefficient (Wildman–Crippen LogP) is -1.69. The molecule has 4 heteroatoms. The molecule has 0 spiro atoms. The summed E-state index contributed by atoms with van der Waals surface area (Å²) in [6, 6.07) is 0. The molecule has 0 bridgehead atoms. The van der Waals surface area contributed by atoms with Gasteiger partial charge in [-0.25, -0.2) is 0 Å². The standard InChI is InChI=1S/Cu.In.O.Sn.3H. The molecule has 0 saturated heterocycles. The summed E-state index contributed by atoms with van der Waals surface area (Å²) in [5.74, 6) is 0. The maximum atomic E-state index is 8.34. The van der Waals surface area contributed by atoms with Crippen molar-refractivity contribution in [3.8, 4) is 0 Å². The van der Waals surface area contributed by atoms with Gasteiger partial charge in [0, 0.05) is 17.1 Å². The molecule has 0 saturated carbocycles. The van der Waals surface area contributed by atoms with Gasteiger partial charge in [0.05, 0.1) is 0 Å². The van der Waals surface area contributed by atoms with Crippen LogP contribution >= 0.6 is 0 Å². The first-order chi connectivity index (χ1) is 1.00. The summed E-state index contributed by atoms with van der Waals surface area (Å²) in [5, 5.41) is 0. The molecule has 0 aliphatic carbocycles. The van der Waals surface area contributed by atoms with Crippen LogP contribution in [-0.4, -0.2) is 48.4 Å². The first kappa shape index (κ1) is 16.7. The van der Waals surface area contributed by atoms with Crippen molar-refractivity contribution in [3.63, 3.8) is 0 Å². The molecule has 0 N–H and O–H groups in total. The van der Waals surface area contributed by atoms with Crippen LogP contribution in [-0.2, 0) is 20.1 Å². The van der Waals surface area contributed by atoms with Gasteiger partial charge in [0.1, 0.15) is 0 Å². The Morgan fingerprint density at radius 1 is 1.25 bits per heavy atom. The fraction of sp³-hybridized carbons (Fsp3) is 0. The predicted molar refractivity (Wildman–Crippen MR) is 16.4 cm³/mol. The molecule has 0 aromatic carbocycles. The van der Waals surface area contributed by atoms with Gasteiger partial charge < -0.3 is 0 Å². The summed E-state index contributed by atoms with van der Waals surface area (Å²) in [5.41, 5.74) is 0. The zero-order valence-electron chi connectivity index (χ0n) is 1.21. The Labute approximate surface area is 67.6 Å². The van der Waals surface area contributed by atoms with Gasteiger partial charge in [-0.15, -0.1) is 0 Å². The summed E-state index contributed by atoms with van der Waals surface area (Å²) < 4.78 is 8.34. The van der Waals surface area contributed by atoms with Crippen molar-refractivity contribution in [2.24, 2.45) is 0 Å². The van der Waals surface area contributed by atoms with Gasteiger partial charge in [0.15, 0.2) is 0 Å². The van der Waals surface area contributed by atoms with E-state index in [9.17, 15) is 0 Å². The van der Waals surface area contributed by atoms with Gasteiger partial charge in [0.2, 0.25) is 0 Å². The second-order valence-electron chi connectivity index (χ2n) is 0. The van der Waals surface area contributed by atoms with Crippen LogP contribution in [0.25, 0.3) is 0 Å². The third-order valence-electron chi connectivity index (χ3n) is 0. The zero-order valence-corrected chi connectivity index (χ0v) is 5.01. The molecule has 27 valence electrons. The fourth-order valence-electron chi connectivity index (χ4n) is 0. The Bertz CT molecular complexity index is 8.00. The average Bonchev–Trinajstić information content (AvgIpc) is 1.00. The van der Waals surface area contributed by atoms with Crippen LogP contribution in [0, 0.1) is 0 Å². The third-order valence-corrected chi connectivity index (χ3v) is 0. The van der Waals surface area contributed by atoms with Crippen LogP contribution in [0.1, 0.15) is 0 Å². The monoisotopic (exact) mass is 317 g/mol. The number of rotatable bonds is 0. The van der Waals surface area contributed by atoms with Gasteiger partial charge in [-0.3, -0.25) is 0 Å². The van der Waals surface area contributed by atoms with E-state index in [0.29, 0.717) is 22.5 Å². The van der Waals surface area contributed by atoms with E-state index in [2.05, 4.69) is 0 Å². The van der Waals surface area contributed by atoms with Crippen molar-refractivity contribution < 1.29 is 20.1 Å². The second kappa shape index (κ2) is 20.1. The van der Waals surface area contributed by atoms with Crippen molar-refractivity contribution in [2.75, 3.05) is 0 Å². The van der Waals surface area contributed by atoms with Gasteiger partial charge >= 0.3 is 51.4 Å². The van der Waals surface area contributed by atoms with Crippen LogP contribution in [0.3, 0.4) is 0 Å². The quantitative estimate of drug-likeness (QED) is 0.488. The van der Waals surface area contributed by atoms with E-state index in [1.165, 1.54) is 0 Å². The molecular formula is H3CuInOSn. The number of hydrogen-bond acceptors (Lipinski definition) is 1. The van der Waals surface area contributed by atoms with E-state index in [-0.39, 0.29) is 42.9 Å². The minimum absolute atomic E-state index is 0. The van der Waals surface area contributed by atoms with Gasteiger partial charge in [-0.2, -0.15) is 0 Å². The second-order valence-corrected chi connectivity index (χ2v) is 0. The topological polar surface area (TPSA) is 17.1 Å². The third kappa shape index (κ3) is 9.01. The van der Waals surface area contributed by atoms with Crippen LogP contribution in [0.15, 0.2) is 0 Å². The molecular weight excluding hydrogens is 313 g/mol. The van der Waals surface area contributed by atoms with Crippen LogP contribution < -0.4 is 0 Å². The first-order valence-electron chi connectivity index (χ1n) is 0.204. The molecule has 3 radical (unpaired) electrons. The Hall–Kier alpha value is 1.99. The Kier molecular flexibility index (Phi) is 83.7. The summed E-state index contributed by atoms with van der Waals surface area (Å²) in [4.78, 5) is 0. The van der Waals surface area contributed by atoms with Crippen molar-refractivity contribution >= 4 is 48.4 Å². The molecule has 0 heterocycles. The molecule has 0 fully saturated rings. The molecule has 0 aliphatic heterocycles. The van der Waals surface area contributed by atoms with E-state index in [0.717, 1.165) is 0 Å². The minimum atomic E-state index is 0. The zero-order chi connectivity index (χ0) is 2.00. The van der Waals surface area contributed by atoms with Crippen molar-refractivity contribution in [1.82, 2.24) is 0 Å². The molecule has 0 aromatic rings. The Balaban J connectivity index is -0.00000000500. The van der Waals surface area contributed by atoms with E-state index in [1.807, 2.05) is 0 Å². The molecule has 4 heavy (non-hydrogen) atoms. The van der Waals surface area contributed by atoms with Gasteiger partial charge in [-0.05, 0) is 0 Å². The summed E-state index contributed by atoms with van der Waals surface area (Å²) in [6.07, 6.45) is 0. The molecule has 0 atom stereocenters. The first-order valence-corrected chi connectivity index (χ1v) is 1.37. The van der Waals surface area contributed by atoms with E-state index in [4.69, 9.17) is 3.08 Å². The molecule has 0 amide bonds. The van der Waals surface area contributed by atoms with Gasteiger partial charge in [-0.1, -0.05) is 0 Å². The molecule has 0 unspecified atom stereocenters. The van der Waals surface area contributed by atoms with Crippen LogP contribution in [0.4, 0.5) is 0 Å². The Morgan fingerprint density at radius 3 is 1.25 bits per heavy atom. The van der Waals surface area contributed by atoms with Crippen molar-refractivity contribution in [3.05, 3.63) is 0 Å². The van der Waals surface area contributed by atoms with Crippen molar-refractivity contribution in [1.29, 1.82) is 0 Å². The fourth-order valence-corrected chi connectivity index (χ4v) is 0. The summed E-state index contributed by atoms with van der Waals surface area (Å²) in [6.45, 7) is 0. The molecule has 1 nitrogen and oxygen atoms in total. The van der Waals surface area contributed by atoms with Crippen LogP contribution in [0.5, 0.6) is 0 Å². The average molecular weight is 316 g/mol. The maximum absolute atomic E-state index is 8.34. The van der Waals surface area contributed by atoms with Crippen LogP contribution in [0.2, 0.25) is 0 Å². The Morgan fingerprint density at radius 2 is 1.25 bits per heavy atom. The molecule has 0 aliphatic rings. The van der Waals surface area contributed by atoms with Crippen molar-refractivity contribution in [2.45, 2.75) is 0 Å². The molecule has 0 aromatic heterocycles. The number of hydrogen-bond donors (Lipinski definition) is 0.